The van der Waals surface area contributed by atoms with Crippen LogP contribution < -0.4 is 0 Å². The van der Waals surface area contributed by atoms with Crippen LogP contribution in [0, 0.1) is 0 Å². The number of pyridine rings is 1. The highest BCUT2D eigenvalue weighted by atomic mass is 16.5. The number of carbonyl (C=O) groups excluding carboxylic acids is 1. The molecule has 0 atom stereocenters. The molecule has 22 heavy (non-hydrogen) atoms. The summed E-state index contributed by atoms with van der Waals surface area (Å²) in [5, 5.41) is 11.0. The molecule has 0 saturated carbocycles. The molecule has 6 heteroatoms. The second kappa shape index (κ2) is 4.98. The van der Waals surface area contributed by atoms with E-state index in [-0.39, 0.29) is 18.5 Å². The van der Waals surface area contributed by atoms with E-state index in [0.717, 1.165) is 10.9 Å². The second-order valence-corrected chi connectivity index (χ2v) is 5.86. The highest BCUT2D eigenvalue weighted by Gasteiger charge is 2.26. The van der Waals surface area contributed by atoms with Crippen LogP contribution in [-0.4, -0.2) is 32.2 Å². The van der Waals surface area contributed by atoms with Crippen LogP contribution in [0.3, 0.4) is 0 Å². The van der Waals surface area contributed by atoms with Crippen LogP contribution in [-0.2, 0) is 15.1 Å². The molecule has 0 amide bonds. The van der Waals surface area contributed by atoms with E-state index >= 15 is 0 Å². The zero-order chi connectivity index (χ0) is 15.9. The zero-order valence-corrected chi connectivity index (χ0v) is 12.7. The van der Waals surface area contributed by atoms with Gasteiger partial charge in [0.1, 0.15) is 6.61 Å². The summed E-state index contributed by atoms with van der Waals surface area (Å²) in [7, 11) is 0. The first-order valence-electron chi connectivity index (χ1n) is 6.99. The monoisotopic (exact) mass is 299 g/mol. The van der Waals surface area contributed by atoms with Crippen molar-refractivity contribution in [1.29, 1.82) is 0 Å². The Hall–Kier alpha value is -2.63. The fourth-order valence-corrected chi connectivity index (χ4v) is 2.51. The van der Waals surface area contributed by atoms with Gasteiger partial charge in [0.25, 0.3) is 0 Å². The number of para-hydroxylation sites is 1. The number of carbonyl (C=O) groups is 1. The Labute approximate surface area is 127 Å². The van der Waals surface area contributed by atoms with Crippen molar-refractivity contribution in [3.63, 3.8) is 0 Å². The Morgan fingerprint density at radius 2 is 2.09 bits per heavy atom. The smallest absolute Gasteiger partial charge is 0.302 e. The summed E-state index contributed by atoms with van der Waals surface area (Å²) in [4.78, 5) is 19.5. The molecule has 0 bridgehead atoms. The third kappa shape index (κ3) is 2.26. The molecule has 3 rings (SSSR count). The van der Waals surface area contributed by atoms with Crippen LogP contribution in [0.5, 0.6) is 5.88 Å². The highest BCUT2D eigenvalue weighted by Crippen LogP contribution is 2.32. The van der Waals surface area contributed by atoms with E-state index in [2.05, 4.69) is 9.97 Å². The van der Waals surface area contributed by atoms with Crippen molar-refractivity contribution in [1.82, 2.24) is 14.5 Å². The number of fused-ring (bicyclic) bond motifs is 3. The first-order chi connectivity index (χ1) is 10.4. The highest BCUT2D eigenvalue weighted by molar-refractivity contribution is 6.04. The molecule has 0 aliphatic carbocycles. The molecule has 0 unspecified atom stereocenters. The number of imidazole rings is 1. The Morgan fingerprint density at radius 1 is 1.36 bits per heavy atom. The van der Waals surface area contributed by atoms with Crippen molar-refractivity contribution in [2.24, 2.45) is 0 Å². The van der Waals surface area contributed by atoms with Crippen LogP contribution in [0.2, 0.25) is 0 Å². The Morgan fingerprint density at radius 3 is 2.82 bits per heavy atom. The number of esters is 1. The van der Waals surface area contributed by atoms with Crippen LogP contribution in [0.15, 0.2) is 30.6 Å². The lowest BCUT2D eigenvalue weighted by Gasteiger charge is -2.27. The average Bonchev–Trinajstić information content (AvgIpc) is 2.92. The maximum Gasteiger partial charge on any atom is 0.302 e. The van der Waals surface area contributed by atoms with Gasteiger partial charge in [-0.1, -0.05) is 18.2 Å². The van der Waals surface area contributed by atoms with E-state index in [1.165, 1.54) is 6.92 Å². The van der Waals surface area contributed by atoms with Gasteiger partial charge < -0.3 is 14.4 Å². The third-order valence-corrected chi connectivity index (χ3v) is 3.65. The molecule has 0 aliphatic heterocycles. The minimum Gasteiger partial charge on any atom is -0.492 e. The van der Waals surface area contributed by atoms with Crippen molar-refractivity contribution in [3.8, 4) is 5.88 Å². The number of benzene rings is 1. The fourth-order valence-electron chi connectivity index (χ4n) is 2.51. The van der Waals surface area contributed by atoms with E-state index < -0.39 is 5.54 Å². The van der Waals surface area contributed by atoms with E-state index in [1.54, 1.807) is 6.33 Å². The molecule has 3 aromatic rings. The lowest BCUT2D eigenvalue weighted by molar-refractivity contribution is -0.143. The first kappa shape index (κ1) is 14.3. The molecular formula is C16H17N3O3. The maximum absolute atomic E-state index is 11.1. The molecule has 1 aromatic carbocycles. The zero-order valence-electron chi connectivity index (χ0n) is 12.7. The molecule has 1 N–H and O–H groups in total. The number of aromatic hydroxyl groups is 1. The molecule has 0 saturated heterocycles. The second-order valence-electron chi connectivity index (χ2n) is 5.86. The van der Waals surface area contributed by atoms with Crippen molar-refractivity contribution in [2.75, 3.05) is 6.61 Å². The summed E-state index contributed by atoms with van der Waals surface area (Å²) >= 11 is 0. The SMILES string of the molecule is CC(=O)OCC(C)(C)n1cnc2c(O)nc3ccccc3c21. The van der Waals surface area contributed by atoms with E-state index in [4.69, 9.17) is 4.74 Å². The molecule has 0 radical (unpaired) electrons. The molecule has 114 valence electrons. The predicted octanol–water partition coefficient (Wildman–Crippen LogP) is 2.59. The number of rotatable bonds is 3. The van der Waals surface area contributed by atoms with Crippen molar-refractivity contribution >= 4 is 27.9 Å². The lowest BCUT2D eigenvalue weighted by atomic mass is 10.1. The Balaban J connectivity index is 2.24. The minimum absolute atomic E-state index is 0.101. The summed E-state index contributed by atoms with van der Waals surface area (Å²) in [6, 6.07) is 7.55. The van der Waals surface area contributed by atoms with E-state index in [9.17, 15) is 9.90 Å². The van der Waals surface area contributed by atoms with E-state index in [0.29, 0.717) is 11.0 Å². The van der Waals surface area contributed by atoms with Crippen LogP contribution in [0.4, 0.5) is 0 Å². The topological polar surface area (TPSA) is 77.2 Å². The van der Waals surface area contributed by atoms with Gasteiger partial charge >= 0.3 is 5.97 Å². The number of nitrogens with zero attached hydrogens (tertiary/aromatic N) is 3. The van der Waals surface area contributed by atoms with Gasteiger partial charge in [-0.2, -0.15) is 0 Å². The molecule has 2 heterocycles. The molecule has 0 fully saturated rings. The summed E-state index contributed by atoms with van der Waals surface area (Å²) in [5.41, 5.74) is 1.41. The summed E-state index contributed by atoms with van der Waals surface area (Å²) in [6.45, 7) is 5.49. The largest absolute Gasteiger partial charge is 0.492 e. The van der Waals surface area contributed by atoms with Crippen molar-refractivity contribution < 1.29 is 14.6 Å². The maximum atomic E-state index is 11.1. The molecule has 2 aromatic heterocycles. The predicted molar refractivity (Wildman–Crippen MR) is 82.7 cm³/mol. The average molecular weight is 299 g/mol. The van der Waals surface area contributed by atoms with Crippen LogP contribution in [0.1, 0.15) is 20.8 Å². The number of ether oxygens (including phenoxy) is 1. The fraction of sp³-hybridized carbons (Fsp3) is 0.312. The van der Waals surface area contributed by atoms with Gasteiger partial charge in [-0.15, -0.1) is 0 Å². The first-order valence-corrected chi connectivity index (χ1v) is 6.99. The Bertz CT molecular complexity index is 868. The number of hydrogen-bond acceptors (Lipinski definition) is 5. The number of hydrogen-bond donors (Lipinski definition) is 1. The quantitative estimate of drug-likeness (QED) is 0.752. The summed E-state index contributed by atoms with van der Waals surface area (Å²) in [6.07, 6.45) is 1.64. The van der Waals surface area contributed by atoms with Gasteiger partial charge in [-0.05, 0) is 19.9 Å². The molecule has 6 nitrogen and oxygen atoms in total. The molecule has 0 aliphatic rings. The Kier molecular flexibility index (Phi) is 3.24. The standard InChI is InChI=1S/C16H17N3O3/c1-10(20)22-8-16(2,3)19-9-17-13-14(19)11-6-4-5-7-12(11)18-15(13)21/h4-7,9H,8H2,1-3H3,(H,18,21). The lowest BCUT2D eigenvalue weighted by Crippen LogP contribution is -2.32. The van der Waals surface area contributed by atoms with E-state index in [1.807, 2.05) is 42.7 Å². The van der Waals surface area contributed by atoms with Gasteiger partial charge in [-0.3, -0.25) is 4.79 Å². The van der Waals surface area contributed by atoms with Gasteiger partial charge in [0.2, 0.25) is 5.88 Å². The third-order valence-electron chi connectivity index (χ3n) is 3.65. The van der Waals surface area contributed by atoms with Crippen molar-refractivity contribution in [3.05, 3.63) is 30.6 Å². The van der Waals surface area contributed by atoms with Crippen LogP contribution >= 0.6 is 0 Å². The van der Waals surface area contributed by atoms with Gasteiger partial charge in [0.05, 0.1) is 22.9 Å². The molecule has 0 spiro atoms. The summed E-state index contributed by atoms with van der Waals surface area (Å²) in [5.74, 6) is -0.428. The van der Waals surface area contributed by atoms with Crippen LogP contribution in [0.25, 0.3) is 21.9 Å². The number of aromatic nitrogens is 3. The summed E-state index contributed by atoms with van der Waals surface area (Å²) < 4.78 is 7.07. The van der Waals surface area contributed by atoms with Gasteiger partial charge in [0, 0.05) is 12.3 Å². The minimum atomic E-state index is -0.503. The van der Waals surface area contributed by atoms with Gasteiger partial charge in [0.15, 0.2) is 5.52 Å². The van der Waals surface area contributed by atoms with Gasteiger partial charge in [-0.25, -0.2) is 9.97 Å². The normalized spacial score (nSPS) is 12.0. The molecular weight excluding hydrogens is 282 g/mol. The van der Waals surface area contributed by atoms with Crippen molar-refractivity contribution in [2.45, 2.75) is 26.3 Å².